The summed E-state index contributed by atoms with van der Waals surface area (Å²) in [6.07, 6.45) is 2.31. The predicted octanol–water partition coefficient (Wildman–Crippen LogP) is 5.97. The van der Waals surface area contributed by atoms with Gasteiger partial charge in [-0.05, 0) is 71.6 Å². The van der Waals surface area contributed by atoms with Gasteiger partial charge in [0, 0.05) is 5.56 Å². The third-order valence-electron chi connectivity index (χ3n) is 5.66. The maximum absolute atomic E-state index is 12.4. The highest BCUT2D eigenvalue weighted by Crippen LogP contribution is 2.47. The lowest BCUT2D eigenvalue weighted by Gasteiger charge is -2.42. The van der Waals surface area contributed by atoms with Crippen molar-refractivity contribution >= 4 is 11.7 Å². The maximum atomic E-state index is 12.4. The second-order valence-electron chi connectivity index (χ2n) is 8.59. The van der Waals surface area contributed by atoms with Crippen molar-refractivity contribution in [2.75, 3.05) is 0 Å². The van der Waals surface area contributed by atoms with Crippen LogP contribution in [0, 0.1) is 13.0 Å². The van der Waals surface area contributed by atoms with E-state index in [4.69, 9.17) is 4.74 Å². The van der Waals surface area contributed by atoms with E-state index in [-0.39, 0.29) is 10.8 Å². The minimum absolute atomic E-state index is 0.103. The second kappa shape index (κ2) is 6.42. The fourth-order valence-electron chi connectivity index (χ4n) is 3.77. The first-order chi connectivity index (χ1) is 12.1. The fraction of sp³-hybridized carbons (Fsp3) is 0.375. The molecule has 3 rings (SSSR count). The Labute approximate surface area is 156 Å². The van der Waals surface area contributed by atoms with Crippen molar-refractivity contribution in [1.82, 2.24) is 0 Å². The summed E-state index contributed by atoms with van der Waals surface area (Å²) in [6.45, 7) is 15.3. The average Bonchev–Trinajstić information content (AvgIpc) is 2.59. The number of carbonyl (C=O) groups excluding carboxylic acids is 1. The van der Waals surface area contributed by atoms with E-state index in [0.717, 1.165) is 17.5 Å². The Morgan fingerprint density at radius 3 is 2.31 bits per heavy atom. The molecule has 0 spiro atoms. The Morgan fingerprint density at radius 1 is 1.12 bits per heavy atom. The normalized spacial score (nSPS) is 17.3. The quantitative estimate of drug-likeness (QED) is 0.505. The molecule has 2 nitrogen and oxygen atoms in total. The van der Waals surface area contributed by atoms with Gasteiger partial charge in [-0.25, -0.2) is 4.79 Å². The standard InChI is InChI=1S/C24H27O2/c1-16-14-20-21(24(5,6)13-12-23(20,3)4)15-19(16)17(2)26-22(25)18-10-8-7-9-11-18/h7-8,10-11,14-15H,2,12-13H2,1,3-6H3. The number of fused-ring (bicyclic) bond motifs is 1. The molecule has 0 saturated heterocycles. The molecule has 26 heavy (non-hydrogen) atoms. The zero-order valence-corrected chi connectivity index (χ0v) is 16.4. The number of carbonyl (C=O) groups is 1. The highest BCUT2D eigenvalue weighted by Gasteiger charge is 2.37. The molecule has 0 amide bonds. The number of hydrogen-bond acceptors (Lipinski definition) is 2. The molecular formula is C24H27O2. The molecule has 0 aliphatic heterocycles. The lowest BCUT2D eigenvalue weighted by molar-refractivity contribution is 0.0692. The molecule has 0 aromatic heterocycles. The second-order valence-corrected chi connectivity index (χ2v) is 8.59. The number of ether oxygens (including phenoxy) is 1. The Hall–Kier alpha value is -2.35. The monoisotopic (exact) mass is 347 g/mol. The van der Waals surface area contributed by atoms with Gasteiger partial charge in [-0.2, -0.15) is 0 Å². The van der Waals surface area contributed by atoms with Gasteiger partial charge in [-0.15, -0.1) is 0 Å². The molecule has 2 aromatic rings. The van der Waals surface area contributed by atoms with E-state index >= 15 is 0 Å². The largest absolute Gasteiger partial charge is 0.423 e. The van der Waals surface area contributed by atoms with Gasteiger partial charge in [0.2, 0.25) is 0 Å². The number of esters is 1. The Kier molecular flexibility index (Phi) is 4.56. The lowest BCUT2D eigenvalue weighted by atomic mass is 9.62. The Morgan fingerprint density at radius 2 is 1.73 bits per heavy atom. The first-order valence-electron chi connectivity index (χ1n) is 9.15. The zero-order chi connectivity index (χ0) is 19.1. The molecular weight excluding hydrogens is 320 g/mol. The van der Waals surface area contributed by atoms with Crippen molar-refractivity contribution in [1.29, 1.82) is 0 Å². The van der Waals surface area contributed by atoms with Crippen molar-refractivity contribution in [2.45, 2.75) is 58.3 Å². The SMILES string of the molecule is C=C(OC(=O)c1c[c]ccc1)c1cc2c(cc1C)C(C)(C)CCC2(C)C. The van der Waals surface area contributed by atoms with E-state index in [0.29, 0.717) is 11.3 Å². The topological polar surface area (TPSA) is 26.3 Å². The highest BCUT2D eigenvalue weighted by atomic mass is 16.5. The molecule has 0 atom stereocenters. The van der Waals surface area contributed by atoms with Gasteiger partial charge in [0.05, 0.1) is 5.56 Å². The molecule has 0 heterocycles. The van der Waals surface area contributed by atoms with Crippen LogP contribution in [0.1, 0.15) is 73.1 Å². The van der Waals surface area contributed by atoms with Crippen LogP contribution >= 0.6 is 0 Å². The molecule has 0 fully saturated rings. The number of aryl methyl sites for hydroxylation is 1. The predicted molar refractivity (Wildman–Crippen MR) is 106 cm³/mol. The van der Waals surface area contributed by atoms with Crippen molar-refractivity contribution in [3.63, 3.8) is 0 Å². The van der Waals surface area contributed by atoms with Crippen molar-refractivity contribution in [3.8, 4) is 0 Å². The van der Waals surface area contributed by atoms with E-state index in [1.165, 1.54) is 17.5 Å². The van der Waals surface area contributed by atoms with Crippen LogP contribution in [0.5, 0.6) is 0 Å². The fourth-order valence-corrected chi connectivity index (χ4v) is 3.77. The minimum atomic E-state index is -0.399. The van der Waals surface area contributed by atoms with Crippen LogP contribution in [0.2, 0.25) is 0 Å². The average molecular weight is 347 g/mol. The van der Waals surface area contributed by atoms with Crippen LogP contribution < -0.4 is 0 Å². The van der Waals surface area contributed by atoms with Crippen molar-refractivity contribution in [2.24, 2.45) is 0 Å². The lowest BCUT2D eigenvalue weighted by Crippen LogP contribution is -2.34. The molecule has 0 bridgehead atoms. The van der Waals surface area contributed by atoms with Crippen LogP contribution in [0.25, 0.3) is 5.76 Å². The summed E-state index contributed by atoms with van der Waals surface area (Å²) in [5, 5.41) is 0. The maximum Gasteiger partial charge on any atom is 0.343 e. The summed E-state index contributed by atoms with van der Waals surface area (Å²) in [5.74, 6) is 0.00175. The summed E-state index contributed by atoms with van der Waals surface area (Å²) >= 11 is 0. The van der Waals surface area contributed by atoms with E-state index in [1.54, 1.807) is 24.3 Å². The van der Waals surface area contributed by atoms with E-state index in [2.05, 4.69) is 59.4 Å². The molecule has 1 radical (unpaired) electrons. The van der Waals surface area contributed by atoms with Crippen LogP contribution in [0.15, 0.2) is 43.0 Å². The van der Waals surface area contributed by atoms with Gasteiger partial charge in [0.1, 0.15) is 5.76 Å². The number of benzene rings is 2. The van der Waals surface area contributed by atoms with Gasteiger partial charge in [0.15, 0.2) is 0 Å². The third-order valence-corrected chi connectivity index (χ3v) is 5.66. The van der Waals surface area contributed by atoms with Crippen LogP contribution in [-0.4, -0.2) is 5.97 Å². The summed E-state index contributed by atoms with van der Waals surface area (Å²) in [7, 11) is 0. The molecule has 2 heteroatoms. The molecule has 135 valence electrons. The van der Waals surface area contributed by atoms with Gasteiger partial charge < -0.3 is 4.74 Å². The third kappa shape index (κ3) is 3.33. The molecule has 0 saturated carbocycles. The summed E-state index contributed by atoms with van der Waals surface area (Å²) < 4.78 is 5.56. The van der Waals surface area contributed by atoms with Gasteiger partial charge >= 0.3 is 5.97 Å². The van der Waals surface area contributed by atoms with E-state index < -0.39 is 5.97 Å². The summed E-state index contributed by atoms with van der Waals surface area (Å²) in [4.78, 5) is 12.4. The molecule has 0 N–H and O–H groups in total. The van der Waals surface area contributed by atoms with Crippen LogP contribution in [-0.2, 0) is 15.6 Å². The van der Waals surface area contributed by atoms with Gasteiger partial charge in [-0.3, -0.25) is 0 Å². The number of rotatable bonds is 3. The first kappa shape index (κ1) is 18.4. The molecule has 0 unspecified atom stereocenters. The molecule has 1 aliphatic carbocycles. The Balaban J connectivity index is 1.96. The minimum Gasteiger partial charge on any atom is -0.423 e. The van der Waals surface area contributed by atoms with Crippen LogP contribution in [0.3, 0.4) is 0 Å². The van der Waals surface area contributed by atoms with Crippen molar-refractivity contribution in [3.05, 3.63) is 76.9 Å². The van der Waals surface area contributed by atoms with Gasteiger partial charge in [-0.1, -0.05) is 52.5 Å². The van der Waals surface area contributed by atoms with E-state index in [1.807, 2.05) is 0 Å². The summed E-state index contributed by atoms with van der Waals surface area (Å²) in [6, 6.07) is 14.2. The zero-order valence-electron chi connectivity index (χ0n) is 16.4. The summed E-state index contributed by atoms with van der Waals surface area (Å²) in [5.41, 5.74) is 5.46. The first-order valence-corrected chi connectivity index (χ1v) is 9.15. The molecule has 1 aliphatic rings. The van der Waals surface area contributed by atoms with Crippen LogP contribution in [0.4, 0.5) is 0 Å². The Bertz CT molecular complexity index is 857. The number of hydrogen-bond donors (Lipinski definition) is 0. The smallest absolute Gasteiger partial charge is 0.343 e. The van der Waals surface area contributed by atoms with Crippen molar-refractivity contribution < 1.29 is 9.53 Å². The van der Waals surface area contributed by atoms with E-state index in [9.17, 15) is 4.79 Å². The van der Waals surface area contributed by atoms with Gasteiger partial charge in [0.25, 0.3) is 0 Å². The highest BCUT2D eigenvalue weighted by molar-refractivity contribution is 5.93. The molecule has 2 aromatic carbocycles.